The van der Waals surface area contributed by atoms with E-state index in [9.17, 15) is 26.8 Å². The molecule has 0 spiro atoms. The van der Waals surface area contributed by atoms with Crippen LogP contribution < -0.4 is 10.0 Å². The van der Waals surface area contributed by atoms with Gasteiger partial charge in [0.05, 0.1) is 16.1 Å². The molecule has 0 bridgehead atoms. The van der Waals surface area contributed by atoms with Gasteiger partial charge in [0, 0.05) is 16.6 Å². The molecule has 1 amide bonds. The minimum atomic E-state index is -3.84. The predicted octanol–water partition coefficient (Wildman–Crippen LogP) is 3.21. The van der Waals surface area contributed by atoms with E-state index in [1.54, 1.807) is 13.8 Å². The summed E-state index contributed by atoms with van der Waals surface area (Å²) in [4.78, 5) is 24.0. The summed E-state index contributed by atoms with van der Waals surface area (Å²) < 4.78 is 58.4. The maximum absolute atomic E-state index is 13.5. The second kappa shape index (κ2) is 9.42. The molecule has 29 heavy (non-hydrogen) atoms. The molecule has 11 heteroatoms. The third-order valence-corrected chi connectivity index (χ3v) is 5.75. The lowest BCUT2D eigenvalue weighted by Crippen LogP contribution is -2.30. The molecule has 2 aromatic carbocycles. The van der Waals surface area contributed by atoms with Crippen molar-refractivity contribution in [3.05, 3.63) is 58.1 Å². The average molecular weight is 491 g/mol. The van der Waals surface area contributed by atoms with Gasteiger partial charge < -0.3 is 10.1 Å². The summed E-state index contributed by atoms with van der Waals surface area (Å²) in [6, 6.07) is 5.99. The van der Waals surface area contributed by atoms with Gasteiger partial charge in [-0.25, -0.2) is 26.7 Å². The van der Waals surface area contributed by atoms with Gasteiger partial charge in [0.2, 0.25) is 10.0 Å². The first-order chi connectivity index (χ1) is 13.5. The molecule has 0 heterocycles. The topological polar surface area (TPSA) is 102 Å². The van der Waals surface area contributed by atoms with E-state index in [4.69, 9.17) is 4.74 Å². The Morgan fingerprint density at radius 2 is 1.83 bits per heavy atom. The molecule has 156 valence electrons. The van der Waals surface area contributed by atoms with Crippen molar-refractivity contribution in [2.45, 2.75) is 24.8 Å². The van der Waals surface area contributed by atoms with Gasteiger partial charge in [-0.1, -0.05) is 0 Å². The number of esters is 1. The summed E-state index contributed by atoms with van der Waals surface area (Å²) >= 11 is 3.12. The number of hydrogen-bond donors (Lipinski definition) is 2. The van der Waals surface area contributed by atoms with E-state index >= 15 is 0 Å². The van der Waals surface area contributed by atoms with Gasteiger partial charge in [-0.05, 0) is 60.1 Å². The highest BCUT2D eigenvalue weighted by Crippen LogP contribution is 2.22. The predicted molar refractivity (Wildman–Crippen MR) is 105 cm³/mol. The van der Waals surface area contributed by atoms with Crippen molar-refractivity contribution in [3.8, 4) is 0 Å². The number of ether oxygens (including phenoxy) is 1. The van der Waals surface area contributed by atoms with Gasteiger partial charge in [0.15, 0.2) is 6.61 Å². The van der Waals surface area contributed by atoms with Crippen LogP contribution in [0.25, 0.3) is 0 Å². The maximum Gasteiger partial charge on any atom is 0.339 e. The van der Waals surface area contributed by atoms with Gasteiger partial charge in [-0.3, -0.25) is 4.79 Å². The molecule has 0 unspecified atom stereocenters. The molecular weight excluding hydrogens is 474 g/mol. The fraction of sp³-hybridized carbons (Fsp3) is 0.222. The van der Waals surface area contributed by atoms with Gasteiger partial charge >= 0.3 is 5.97 Å². The molecule has 2 N–H and O–H groups in total. The summed E-state index contributed by atoms with van der Waals surface area (Å²) in [5.41, 5.74) is -0.390. The standard InChI is InChI=1S/C18H17BrF2N2O5S/c1-10(2)23-29(26,27)12-4-5-14(19)13(8-12)18(25)28-9-17(24)22-16-6-3-11(20)7-15(16)21/h3-8,10,23H,9H2,1-2H3,(H,22,24). The molecule has 7 nitrogen and oxygen atoms in total. The van der Waals surface area contributed by atoms with E-state index in [1.807, 2.05) is 0 Å². The number of nitrogens with one attached hydrogen (secondary N) is 2. The Morgan fingerprint density at radius 3 is 2.45 bits per heavy atom. The molecule has 0 radical (unpaired) electrons. The minimum Gasteiger partial charge on any atom is -0.452 e. The van der Waals surface area contributed by atoms with E-state index in [2.05, 4.69) is 26.0 Å². The van der Waals surface area contributed by atoms with Gasteiger partial charge in [0.1, 0.15) is 11.6 Å². The number of sulfonamides is 1. The first-order valence-electron chi connectivity index (χ1n) is 8.23. The van der Waals surface area contributed by atoms with Crippen LogP contribution in [0.15, 0.2) is 45.8 Å². The van der Waals surface area contributed by atoms with Crippen LogP contribution in [0.5, 0.6) is 0 Å². The molecule has 0 aromatic heterocycles. The van der Waals surface area contributed by atoms with E-state index in [-0.39, 0.29) is 26.7 Å². The number of benzene rings is 2. The number of amides is 1. The molecule has 0 saturated carbocycles. The third kappa shape index (κ3) is 6.31. The minimum absolute atomic E-state index is 0.114. The number of rotatable bonds is 7. The molecule has 2 aromatic rings. The summed E-state index contributed by atoms with van der Waals surface area (Å²) in [6.07, 6.45) is 0. The summed E-state index contributed by atoms with van der Waals surface area (Å²) in [5.74, 6) is -3.61. The monoisotopic (exact) mass is 490 g/mol. The Morgan fingerprint density at radius 1 is 1.14 bits per heavy atom. The molecule has 0 aliphatic rings. The zero-order valence-electron chi connectivity index (χ0n) is 15.3. The molecule has 0 aliphatic heterocycles. The second-order valence-corrected chi connectivity index (χ2v) is 8.73. The van der Waals surface area contributed by atoms with Crippen LogP contribution in [-0.2, 0) is 19.6 Å². The first kappa shape index (κ1) is 22.9. The molecule has 0 atom stereocenters. The zero-order chi connectivity index (χ0) is 21.8. The highest BCUT2D eigenvalue weighted by atomic mass is 79.9. The highest BCUT2D eigenvalue weighted by molar-refractivity contribution is 9.10. The number of carbonyl (C=O) groups is 2. The molecule has 0 saturated heterocycles. The fourth-order valence-electron chi connectivity index (χ4n) is 2.19. The quantitative estimate of drug-likeness (QED) is 0.580. The van der Waals surface area contributed by atoms with Gasteiger partial charge in [-0.2, -0.15) is 0 Å². The third-order valence-electron chi connectivity index (χ3n) is 3.40. The van der Waals surface area contributed by atoms with E-state index in [0.29, 0.717) is 6.07 Å². The van der Waals surface area contributed by atoms with Gasteiger partial charge in [-0.15, -0.1) is 0 Å². The van der Waals surface area contributed by atoms with Crippen molar-refractivity contribution in [3.63, 3.8) is 0 Å². The molecular formula is C18H17BrF2N2O5S. The maximum atomic E-state index is 13.5. The van der Waals surface area contributed by atoms with Crippen LogP contribution in [-0.4, -0.2) is 32.9 Å². The number of halogens is 3. The van der Waals surface area contributed by atoms with Crippen LogP contribution in [0, 0.1) is 11.6 Å². The van der Waals surface area contributed by atoms with Crippen molar-refractivity contribution >= 4 is 43.5 Å². The van der Waals surface area contributed by atoms with E-state index in [1.165, 1.54) is 12.1 Å². The average Bonchev–Trinajstić information content (AvgIpc) is 2.61. The van der Waals surface area contributed by atoms with E-state index < -0.39 is 40.1 Å². The van der Waals surface area contributed by atoms with Crippen molar-refractivity contribution < 1.29 is 31.5 Å². The van der Waals surface area contributed by atoms with Gasteiger partial charge in [0.25, 0.3) is 5.91 Å². The smallest absolute Gasteiger partial charge is 0.339 e. The molecule has 2 rings (SSSR count). The summed E-state index contributed by atoms with van der Waals surface area (Å²) in [5, 5.41) is 2.14. The van der Waals surface area contributed by atoms with Crippen LogP contribution in [0.2, 0.25) is 0 Å². The summed E-state index contributed by atoms with van der Waals surface area (Å²) in [7, 11) is -3.84. The van der Waals surface area contributed by atoms with Crippen molar-refractivity contribution in [1.82, 2.24) is 4.72 Å². The van der Waals surface area contributed by atoms with Crippen LogP contribution >= 0.6 is 15.9 Å². The largest absolute Gasteiger partial charge is 0.452 e. The Labute approximate surface area is 174 Å². The number of carbonyl (C=O) groups excluding carboxylic acids is 2. The van der Waals surface area contributed by atoms with Crippen molar-refractivity contribution in [2.24, 2.45) is 0 Å². The molecule has 0 fully saturated rings. The lowest BCUT2D eigenvalue weighted by atomic mass is 10.2. The molecule has 0 aliphatic carbocycles. The lowest BCUT2D eigenvalue weighted by Gasteiger charge is -2.12. The highest BCUT2D eigenvalue weighted by Gasteiger charge is 2.21. The first-order valence-corrected chi connectivity index (χ1v) is 10.5. The zero-order valence-corrected chi connectivity index (χ0v) is 17.7. The van der Waals surface area contributed by atoms with Crippen molar-refractivity contribution in [1.29, 1.82) is 0 Å². The van der Waals surface area contributed by atoms with Crippen LogP contribution in [0.1, 0.15) is 24.2 Å². The second-order valence-electron chi connectivity index (χ2n) is 6.17. The Balaban J connectivity index is 2.08. The Kier molecular flexibility index (Phi) is 7.44. The number of hydrogen-bond acceptors (Lipinski definition) is 5. The lowest BCUT2D eigenvalue weighted by molar-refractivity contribution is -0.119. The summed E-state index contributed by atoms with van der Waals surface area (Å²) in [6.45, 7) is 2.53. The normalized spacial score (nSPS) is 11.4. The van der Waals surface area contributed by atoms with E-state index in [0.717, 1.165) is 18.2 Å². The fourth-order valence-corrected chi connectivity index (χ4v) is 3.88. The van der Waals surface area contributed by atoms with Crippen molar-refractivity contribution in [2.75, 3.05) is 11.9 Å². The van der Waals surface area contributed by atoms with Crippen LogP contribution in [0.4, 0.5) is 14.5 Å². The van der Waals surface area contributed by atoms with Crippen LogP contribution in [0.3, 0.4) is 0 Å². The SMILES string of the molecule is CC(C)NS(=O)(=O)c1ccc(Br)c(C(=O)OCC(=O)Nc2ccc(F)cc2F)c1. The number of anilines is 1. The Hall–Kier alpha value is -2.37. The Bertz CT molecular complexity index is 1040.